The number of nitrogens with one attached hydrogen (secondary N) is 1. The van der Waals surface area contributed by atoms with Crippen molar-refractivity contribution in [3.05, 3.63) is 52.5 Å². The van der Waals surface area contributed by atoms with Crippen LogP contribution in [0.4, 0.5) is 0 Å². The highest BCUT2D eigenvalue weighted by Crippen LogP contribution is 2.22. The number of nitrogens with zero attached hydrogens (tertiary/aromatic N) is 3. The van der Waals surface area contributed by atoms with Crippen LogP contribution in [-0.4, -0.2) is 36.9 Å². The molecule has 0 saturated heterocycles. The first-order chi connectivity index (χ1) is 13.5. The number of esters is 1. The molecule has 1 aliphatic heterocycles. The number of amidine groups is 1. The van der Waals surface area contributed by atoms with Crippen LogP contribution in [0.1, 0.15) is 17.9 Å². The van der Waals surface area contributed by atoms with Crippen LogP contribution in [0.25, 0.3) is 11.4 Å². The molecule has 0 amide bonds. The van der Waals surface area contributed by atoms with E-state index >= 15 is 0 Å². The number of benzene rings is 1. The summed E-state index contributed by atoms with van der Waals surface area (Å²) in [4.78, 5) is 20.4. The number of hydrogen-bond donors (Lipinski definition) is 1. The molecule has 0 unspecified atom stereocenters. The fraction of sp³-hybridized carbons (Fsp3) is 0.176. The third kappa shape index (κ3) is 3.80. The average Bonchev–Trinajstić information content (AvgIpc) is 3.40. The molecule has 28 heavy (non-hydrogen) atoms. The summed E-state index contributed by atoms with van der Waals surface area (Å²) in [5.74, 6) is 0.346. The zero-order chi connectivity index (χ0) is 19.6. The molecular weight excluding hydrogens is 404 g/mol. The van der Waals surface area contributed by atoms with Gasteiger partial charge in [-0.1, -0.05) is 17.3 Å². The zero-order valence-electron chi connectivity index (χ0n) is 14.4. The third-order valence-corrected chi connectivity index (χ3v) is 5.93. The number of carbonyl (C=O) groups is 1. The number of carbonyl (C=O) groups excluding carboxylic acids is 1. The summed E-state index contributed by atoms with van der Waals surface area (Å²) in [6.45, 7) is -0.0585. The summed E-state index contributed by atoms with van der Waals surface area (Å²) in [5, 5.41) is 7.61. The van der Waals surface area contributed by atoms with Crippen LogP contribution in [0.3, 0.4) is 0 Å². The van der Waals surface area contributed by atoms with E-state index in [1.54, 1.807) is 18.2 Å². The van der Waals surface area contributed by atoms with Crippen LogP contribution >= 0.6 is 11.3 Å². The smallest absolute Gasteiger partial charge is 0.308 e. The molecule has 0 bridgehead atoms. The molecule has 9 nitrogen and oxygen atoms in total. The number of ether oxygens (including phenoxy) is 1. The van der Waals surface area contributed by atoms with Crippen molar-refractivity contribution >= 4 is 33.2 Å². The minimum Gasteiger partial charge on any atom is -0.455 e. The van der Waals surface area contributed by atoms with Gasteiger partial charge in [0, 0.05) is 16.5 Å². The maximum atomic E-state index is 12.0. The number of aliphatic imine (C=N–C) groups is 1. The quantitative estimate of drug-likeness (QED) is 0.607. The van der Waals surface area contributed by atoms with E-state index in [-0.39, 0.29) is 36.2 Å². The van der Waals surface area contributed by atoms with E-state index in [9.17, 15) is 13.2 Å². The molecule has 2 aromatic heterocycles. The minimum atomic E-state index is -3.59. The molecule has 0 fully saturated rings. The lowest BCUT2D eigenvalue weighted by Crippen LogP contribution is -2.22. The molecule has 1 aliphatic rings. The van der Waals surface area contributed by atoms with Crippen molar-refractivity contribution in [2.45, 2.75) is 17.9 Å². The monoisotopic (exact) mass is 418 g/mol. The summed E-state index contributed by atoms with van der Waals surface area (Å²) in [6.07, 6.45) is -0.0150. The topological polar surface area (TPSA) is 124 Å². The van der Waals surface area contributed by atoms with Crippen LogP contribution in [-0.2, 0) is 26.2 Å². The predicted octanol–water partition coefficient (Wildman–Crippen LogP) is 1.97. The first-order valence-corrected chi connectivity index (χ1v) is 10.6. The molecule has 3 heterocycles. The second-order valence-electron chi connectivity index (χ2n) is 5.77. The SMILES string of the molecule is O=C(CCN=C1NS(=O)(=O)c2ccccc21)OCc1nc(-c2ccsc2)no1. The molecule has 11 heteroatoms. The molecule has 1 N–H and O–H groups in total. The first-order valence-electron chi connectivity index (χ1n) is 8.20. The second-order valence-corrected chi connectivity index (χ2v) is 8.20. The van der Waals surface area contributed by atoms with Crippen molar-refractivity contribution in [2.24, 2.45) is 4.99 Å². The number of aromatic nitrogens is 2. The van der Waals surface area contributed by atoms with Gasteiger partial charge in [0.15, 0.2) is 6.61 Å². The standard InChI is InChI=1S/C17H14N4O5S2/c22-15(25-9-14-19-16(20-26-14)11-6-8-27-10-11)5-7-18-17-12-3-1-2-4-13(12)28(23,24)21-17/h1-4,6,8,10H,5,7,9H2,(H,18,21). The molecule has 1 aromatic carbocycles. The summed E-state index contributed by atoms with van der Waals surface area (Å²) in [7, 11) is -3.59. The van der Waals surface area contributed by atoms with Crippen LogP contribution in [0.2, 0.25) is 0 Å². The normalized spacial score (nSPS) is 15.9. The van der Waals surface area contributed by atoms with Gasteiger partial charge in [-0.3, -0.25) is 14.5 Å². The van der Waals surface area contributed by atoms with Crippen molar-refractivity contribution < 1.29 is 22.5 Å². The summed E-state index contributed by atoms with van der Waals surface area (Å²) in [6, 6.07) is 8.38. The van der Waals surface area contributed by atoms with Crippen molar-refractivity contribution in [3.63, 3.8) is 0 Å². The van der Waals surface area contributed by atoms with E-state index in [4.69, 9.17) is 9.26 Å². The Bertz CT molecular complexity index is 1140. The lowest BCUT2D eigenvalue weighted by molar-refractivity contribution is -0.145. The van der Waals surface area contributed by atoms with E-state index in [0.717, 1.165) is 5.56 Å². The van der Waals surface area contributed by atoms with Gasteiger partial charge < -0.3 is 9.26 Å². The number of rotatable bonds is 6. The highest BCUT2D eigenvalue weighted by molar-refractivity contribution is 7.90. The molecule has 0 atom stereocenters. The molecular formula is C17H14N4O5S2. The van der Waals surface area contributed by atoms with E-state index in [0.29, 0.717) is 11.4 Å². The average molecular weight is 418 g/mol. The zero-order valence-corrected chi connectivity index (χ0v) is 16.0. The van der Waals surface area contributed by atoms with Crippen molar-refractivity contribution in [1.82, 2.24) is 14.9 Å². The lowest BCUT2D eigenvalue weighted by atomic mass is 10.2. The molecule has 0 saturated carbocycles. The minimum absolute atomic E-state index is 0.0150. The molecule has 3 aromatic rings. The Balaban J connectivity index is 1.30. The fourth-order valence-electron chi connectivity index (χ4n) is 2.55. The highest BCUT2D eigenvalue weighted by Gasteiger charge is 2.29. The number of sulfonamides is 1. The molecule has 0 spiro atoms. The molecule has 4 rings (SSSR count). The maximum Gasteiger partial charge on any atom is 0.308 e. The fourth-order valence-corrected chi connectivity index (χ4v) is 4.43. The van der Waals surface area contributed by atoms with Gasteiger partial charge in [-0.15, -0.1) is 0 Å². The van der Waals surface area contributed by atoms with E-state index in [2.05, 4.69) is 19.9 Å². The number of hydrogen-bond acceptors (Lipinski definition) is 9. The van der Waals surface area contributed by atoms with Gasteiger partial charge in [0.05, 0.1) is 17.9 Å². The molecule has 0 aliphatic carbocycles. The van der Waals surface area contributed by atoms with Crippen molar-refractivity contribution in [3.8, 4) is 11.4 Å². The third-order valence-electron chi connectivity index (χ3n) is 3.85. The Hall–Kier alpha value is -3.05. The molecule has 0 radical (unpaired) electrons. The Labute approximate surface area is 164 Å². The van der Waals surface area contributed by atoms with Gasteiger partial charge in [0.25, 0.3) is 15.9 Å². The van der Waals surface area contributed by atoms with Gasteiger partial charge in [0.2, 0.25) is 5.82 Å². The van der Waals surface area contributed by atoms with Crippen LogP contribution in [0, 0.1) is 0 Å². The summed E-state index contributed by atoms with van der Waals surface area (Å²) < 4.78 is 36.5. The predicted molar refractivity (Wildman–Crippen MR) is 100 cm³/mol. The highest BCUT2D eigenvalue weighted by atomic mass is 32.2. The Morgan fingerprint density at radius 2 is 2.14 bits per heavy atom. The van der Waals surface area contributed by atoms with Gasteiger partial charge in [-0.05, 0) is 23.6 Å². The van der Waals surface area contributed by atoms with Gasteiger partial charge in [-0.25, -0.2) is 8.42 Å². The van der Waals surface area contributed by atoms with Gasteiger partial charge in [0.1, 0.15) is 5.84 Å². The second kappa shape index (κ2) is 7.52. The van der Waals surface area contributed by atoms with Crippen molar-refractivity contribution in [2.75, 3.05) is 6.54 Å². The number of fused-ring (bicyclic) bond motifs is 1. The first kappa shape index (κ1) is 18.3. The Kier molecular flexibility index (Phi) is 4.92. The summed E-state index contributed by atoms with van der Waals surface area (Å²) >= 11 is 1.51. The van der Waals surface area contributed by atoms with Crippen LogP contribution in [0.15, 0.2) is 55.5 Å². The number of thiophene rings is 1. The maximum absolute atomic E-state index is 12.0. The Morgan fingerprint density at radius 1 is 1.29 bits per heavy atom. The van der Waals surface area contributed by atoms with E-state index < -0.39 is 16.0 Å². The van der Waals surface area contributed by atoms with Crippen molar-refractivity contribution in [1.29, 1.82) is 0 Å². The molecule has 144 valence electrons. The van der Waals surface area contributed by atoms with Gasteiger partial charge in [-0.2, -0.15) is 16.3 Å². The largest absolute Gasteiger partial charge is 0.455 e. The van der Waals surface area contributed by atoms with Crippen LogP contribution < -0.4 is 4.72 Å². The van der Waals surface area contributed by atoms with Gasteiger partial charge >= 0.3 is 5.97 Å². The lowest BCUT2D eigenvalue weighted by Gasteiger charge is -2.01. The van der Waals surface area contributed by atoms with Crippen LogP contribution in [0.5, 0.6) is 0 Å². The summed E-state index contributed by atoms with van der Waals surface area (Å²) in [5.41, 5.74) is 1.32. The van der Waals surface area contributed by atoms with E-state index in [1.165, 1.54) is 17.4 Å². The Morgan fingerprint density at radius 3 is 2.96 bits per heavy atom. The van der Waals surface area contributed by atoms with E-state index in [1.807, 2.05) is 16.8 Å².